The fourth-order valence-electron chi connectivity index (χ4n) is 1.78. The van der Waals surface area contributed by atoms with Gasteiger partial charge in [-0.2, -0.15) is 11.8 Å². The zero-order valence-corrected chi connectivity index (χ0v) is 10.3. The SMILES string of the molecule is Cc1ccc(CNC(=O)C2CCSC2)cc1. The van der Waals surface area contributed by atoms with E-state index >= 15 is 0 Å². The number of aryl methyl sites for hydroxylation is 1. The van der Waals surface area contributed by atoms with Gasteiger partial charge in [-0.25, -0.2) is 0 Å². The summed E-state index contributed by atoms with van der Waals surface area (Å²) in [4.78, 5) is 11.8. The molecule has 2 nitrogen and oxygen atoms in total. The minimum Gasteiger partial charge on any atom is -0.352 e. The lowest BCUT2D eigenvalue weighted by Crippen LogP contribution is -2.30. The summed E-state index contributed by atoms with van der Waals surface area (Å²) in [5.74, 6) is 2.56. The molecule has 0 spiro atoms. The lowest BCUT2D eigenvalue weighted by atomic mass is 10.1. The lowest BCUT2D eigenvalue weighted by Gasteiger charge is -2.09. The molecule has 3 heteroatoms. The van der Waals surface area contributed by atoms with Crippen molar-refractivity contribution in [1.82, 2.24) is 5.32 Å². The molecule has 0 bridgehead atoms. The molecule has 1 fully saturated rings. The Labute approximate surface area is 101 Å². The van der Waals surface area contributed by atoms with E-state index < -0.39 is 0 Å². The van der Waals surface area contributed by atoms with Gasteiger partial charge in [-0.3, -0.25) is 4.79 Å². The van der Waals surface area contributed by atoms with Crippen LogP contribution in [-0.2, 0) is 11.3 Å². The molecule has 1 unspecified atom stereocenters. The van der Waals surface area contributed by atoms with Gasteiger partial charge in [0, 0.05) is 18.2 Å². The molecule has 86 valence electrons. The Morgan fingerprint density at radius 3 is 2.81 bits per heavy atom. The van der Waals surface area contributed by atoms with Crippen LogP contribution in [0.2, 0.25) is 0 Å². The first-order chi connectivity index (χ1) is 7.75. The van der Waals surface area contributed by atoms with Crippen LogP contribution in [0.4, 0.5) is 0 Å². The van der Waals surface area contributed by atoms with E-state index in [4.69, 9.17) is 0 Å². The van der Waals surface area contributed by atoms with E-state index in [1.54, 1.807) is 0 Å². The first kappa shape index (κ1) is 11.5. The molecule has 1 heterocycles. The molecule has 16 heavy (non-hydrogen) atoms. The highest BCUT2D eigenvalue weighted by atomic mass is 32.2. The molecule has 1 aliphatic heterocycles. The number of carbonyl (C=O) groups excluding carboxylic acids is 1. The number of nitrogens with one attached hydrogen (secondary N) is 1. The van der Waals surface area contributed by atoms with Crippen molar-refractivity contribution in [2.75, 3.05) is 11.5 Å². The summed E-state index contributed by atoms with van der Waals surface area (Å²) in [6.45, 7) is 2.72. The maximum Gasteiger partial charge on any atom is 0.224 e. The minimum absolute atomic E-state index is 0.213. The molecular formula is C13H17NOS. The lowest BCUT2D eigenvalue weighted by molar-refractivity contribution is -0.124. The van der Waals surface area contributed by atoms with Gasteiger partial charge in [0.15, 0.2) is 0 Å². The monoisotopic (exact) mass is 235 g/mol. The van der Waals surface area contributed by atoms with Crippen molar-refractivity contribution in [2.45, 2.75) is 19.9 Å². The highest BCUT2D eigenvalue weighted by molar-refractivity contribution is 7.99. The molecule has 1 aliphatic rings. The summed E-state index contributed by atoms with van der Waals surface area (Å²) >= 11 is 1.87. The quantitative estimate of drug-likeness (QED) is 0.871. The average molecular weight is 235 g/mol. The smallest absolute Gasteiger partial charge is 0.224 e. The van der Waals surface area contributed by atoms with Gasteiger partial charge in [-0.05, 0) is 24.7 Å². The predicted molar refractivity (Wildman–Crippen MR) is 68.5 cm³/mol. The zero-order valence-electron chi connectivity index (χ0n) is 9.53. The second kappa shape index (κ2) is 5.39. The van der Waals surface area contributed by atoms with Crippen LogP contribution in [0, 0.1) is 12.8 Å². The Morgan fingerprint density at radius 2 is 2.19 bits per heavy atom. The Morgan fingerprint density at radius 1 is 1.44 bits per heavy atom. The maximum atomic E-state index is 11.8. The molecule has 1 aromatic carbocycles. The van der Waals surface area contributed by atoms with Crippen LogP contribution in [0.1, 0.15) is 17.5 Å². The number of thioether (sulfide) groups is 1. The third-order valence-corrected chi connectivity index (χ3v) is 4.05. The van der Waals surface area contributed by atoms with E-state index in [2.05, 4.69) is 36.5 Å². The van der Waals surface area contributed by atoms with Gasteiger partial charge >= 0.3 is 0 Å². The Kier molecular flexibility index (Phi) is 3.88. The fraction of sp³-hybridized carbons (Fsp3) is 0.462. The van der Waals surface area contributed by atoms with Crippen molar-refractivity contribution in [3.63, 3.8) is 0 Å². The first-order valence-corrected chi connectivity index (χ1v) is 6.82. The standard InChI is InChI=1S/C13H17NOS/c1-10-2-4-11(5-3-10)8-14-13(15)12-6-7-16-9-12/h2-5,12H,6-9H2,1H3,(H,14,15). The number of hydrogen-bond donors (Lipinski definition) is 1. The molecule has 0 aliphatic carbocycles. The van der Waals surface area contributed by atoms with E-state index in [0.717, 1.165) is 17.9 Å². The van der Waals surface area contributed by atoms with Crippen LogP contribution < -0.4 is 5.32 Å². The molecule has 1 saturated heterocycles. The Hall–Kier alpha value is -0.960. The van der Waals surface area contributed by atoms with Crippen molar-refractivity contribution in [1.29, 1.82) is 0 Å². The molecule has 2 rings (SSSR count). The van der Waals surface area contributed by atoms with Crippen molar-refractivity contribution in [2.24, 2.45) is 5.92 Å². The Balaban J connectivity index is 1.82. The molecule has 1 atom stereocenters. The van der Waals surface area contributed by atoms with Crippen LogP contribution in [0.3, 0.4) is 0 Å². The average Bonchev–Trinajstić information content (AvgIpc) is 2.81. The third-order valence-electron chi connectivity index (χ3n) is 2.89. The molecule has 1 N–H and O–H groups in total. The molecule has 0 radical (unpaired) electrons. The largest absolute Gasteiger partial charge is 0.352 e. The van der Waals surface area contributed by atoms with Gasteiger partial charge in [0.2, 0.25) is 5.91 Å². The second-order valence-electron chi connectivity index (χ2n) is 4.26. The summed E-state index contributed by atoms with van der Waals surface area (Å²) < 4.78 is 0. The van der Waals surface area contributed by atoms with E-state index in [1.807, 2.05) is 11.8 Å². The number of carbonyl (C=O) groups is 1. The number of hydrogen-bond acceptors (Lipinski definition) is 2. The Bertz CT molecular complexity index is 355. The molecule has 1 amide bonds. The topological polar surface area (TPSA) is 29.1 Å². The number of rotatable bonds is 3. The van der Waals surface area contributed by atoms with Crippen LogP contribution in [0.5, 0.6) is 0 Å². The van der Waals surface area contributed by atoms with Crippen molar-refractivity contribution >= 4 is 17.7 Å². The summed E-state index contributed by atoms with van der Waals surface area (Å²) in [6.07, 6.45) is 1.03. The van der Waals surface area contributed by atoms with Gasteiger partial charge in [0.25, 0.3) is 0 Å². The van der Waals surface area contributed by atoms with Gasteiger partial charge < -0.3 is 5.32 Å². The summed E-state index contributed by atoms with van der Waals surface area (Å²) in [5, 5.41) is 3.01. The highest BCUT2D eigenvalue weighted by Gasteiger charge is 2.22. The van der Waals surface area contributed by atoms with Crippen molar-refractivity contribution in [3.05, 3.63) is 35.4 Å². The van der Waals surface area contributed by atoms with Gasteiger partial charge in [0.1, 0.15) is 0 Å². The number of amides is 1. The van der Waals surface area contributed by atoms with Crippen molar-refractivity contribution in [3.8, 4) is 0 Å². The third kappa shape index (κ3) is 3.01. The van der Waals surface area contributed by atoms with Crippen LogP contribution in [-0.4, -0.2) is 17.4 Å². The van der Waals surface area contributed by atoms with Crippen LogP contribution in [0.15, 0.2) is 24.3 Å². The van der Waals surface area contributed by atoms with E-state index in [0.29, 0.717) is 6.54 Å². The molecular weight excluding hydrogens is 218 g/mol. The summed E-state index contributed by atoms with van der Waals surface area (Å²) in [6, 6.07) is 8.29. The van der Waals surface area contributed by atoms with Crippen molar-refractivity contribution < 1.29 is 4.79 Å². The molecule has 1 aromatic rings. The zero-order chi connectivity index (χ0) is 11.4. The van der Waals surface area contributed by atoms with Gasteiger partial charge in [-0.1, -0.05) is 29.8 Å². The fourth-order valence-corrected chi connectivity index (χ4v) is 3.00. The number of benzene rings is 1. The van der Waals surface area contributed by atoms with E-state index in [1.165, 1.54) is 11.1 Å². The summed E-state index contributed by atoms with van der Waals surface area (Å²) in [5.41, 5.74) is 2.42. The second-order valence-corrected chi connectivity index (χ2v) is 5.41. The predicted octanol–water partition coefficient (Wildman–Crippen LogP) is 2.36. The normalized spacial score (nSPS) is 19.7. The van der Waals surface area contributed by atoms with Crippen LogP contribution >= 0.6 is 11.8 Å². The highest BCUT2D eigenvalue weighted by Crippen LogP contribution is 2.23. The first-order valence-electron chi connectivity index (χ1n) is 5.67. The van der Waals surface area contributed by atoms with Gasteiger partial charge in [0.05, 0.1) is 0 Å². The maximum absolute atomic E-state index is 11.8. The van der Waals surface area contributed by atoms with E-state index in [-0.39, 0.29) is 11.8 Å². The van der Waals surface area contributed by atoms with Crippen LogP contribution in [0.25, 0.3) is 0 Å². The molecule has 0 saturated carbocycles. The summed E-state index contributed by atoms with van der Waals surface area (Å²) in [7, 11) is 0. The van der Waals surface area contributed by atoms with E-state index in [9.17, 15) is 4.79 Å². The molecule has 0 aromatic heterocycles. The van der Waals surface area contributed by atoms with Gasteiger partial charge in [-0.15, -0.1) is 0 Å². The minimum atomic E-state index is 0.213.